The van der Waals surface area contributed by atoms with E-state index in [1.807, 2.05) is 6.07 Å². The van der Waals surface area contributed by atoms with Crippen LogP contribution in [0.3, 0.4) is 0 Å². The van der Waals surface area contributed by atoms with Gasteiger partial charge >= 0.3 is 0 Å². The number of benzene rings is 1. The van der Waals surface area contributed by atoms with Crippen LogP contribution in [-0.2, 0) is 6.42 Å². The number of nitrogens with zero attached hydrogens (tertiary/aromatic N) is 1. The monoisotopic (exact) mass is 314 g/mol. The highest BCUT2D eigenvalue weighted by Gasteiger charge is 2.30. The van der Waals surface area contributed by atoms with Gasteiger partial charge in [-0.25, -0.2) is 4.98 Å². The average molecular weight is 315 g/mol. The summed E-state index contributed by atoms with van der Waals surface area (Å²) in [6, 6.07) is 3.60. The van der Waals surface area contributed by atoms with E-state index in [1.165, 1.54) is 0 Å². The molecule has 6 heteroatoms. The van der Waals surface area contributed by atoms with Gasteiger partial charge in [0.25, 0.3) is 0 Å². The summed E-state index contributed by atoms with van der Waals surface area (Å²) in [6.45, 7) is 0. The summed E-state index contributed by atoms with van der Waals surface area (Å²) in [7, 11) is 0. The van der Waals surface area contributed by atoms with Crippen LogP contribution >= 0.6 is 35.0 Å². The first-order chi connectivity index (χ1) is 9.15. The zero-order chi connectivity index (χ0) is 13.4. The summed E-state index contributed by atoms with van der Waals surface area (Å²) in [4.78, 5) is 8.29. The molecule has 2 N–H and O–H groups in total. The number of aliphatic hydroxyl groups is 1. The molecule has 0 fully saturated rings. The molecule has 2 atom stereocenters. The van der Waals surface area contributed by atoms with Crippen molar-refractivity contribution >= 4 is 35.0 Å². The van der Waals surface area contributed by atoms with Crippen LogP contribution in [-0.4, -0.2) is 20.8 Å². The molecule has 19 heavy (non-hydrogen) atoms. The van der Waals surface area contributed by atoms with Gasteiger partial charge in [0.05, 0.1) is 16.1 Å². The first-order valence-electron chi connectivity index (χ1n) is 5.93. The third-order valence-electron chi connectivity index (χ3n) is 3.28. The lowest BCUT2D eigenvalue weighted by atomic mass is 9.93. The molecule has 1 aliphatic heterocycles. The zero-order valence-corrected chi connectivity index (χ0v) is 12.3. The summed E-state index contributed by atoms with van der Waals surface area (Å²) in [6.07, 6.45) is 3.71. The van der Waals surface area contributed by atoms with Crippen LogP contribution < -0.4 is 0 Å². The number of hydrogen-bond donors (Lipinski definition) is 2. The van der Waals surface area contributed by atoms with Gasteiger partial charge in [-0.2, -0.15) is 0 Å². The van der Waals surface area contributed by atoms with Crippen molar-refractivity contribution in [1.82, 2.24) is 9.97 Å². The maximum atomic E-state index is 10.5. The molecule has 0 saturated heterocycles. The second-order valence-corrected chi connectivity index (χ2v) is 6.44. The van der Waals surface area contributed by atoms with Gasteiger partial charge < -0.3 is 10.1 Å². The molecule has 1 aliphatic rings. The molecule has 0 spiro atoms. The molecular weight excluding hydrogens is 303 g/mol. The van der Waals surface area contributed by atoms with E-state index >= 15 is 0 Å². The number of rotatable bonds is 2. The van der Waals surface area contributed by atoms with Crippen molar-refractivity contribution in [1.29, 1.82) is 0 Å². The Bertz CT molecular complexity index is 589. The Balaban J connectivity index is 1.87. The third-order valence-corrected chi connectivity index (χ3v) is 5.26. The molecule has 3 rings (SSSR count). The summed E-state index contributed by atoms with van der Waals surface area (Å²) < 4.78 is 0. The molecular formula is C13H12Cl2N2OS. The van der Waals surface area contributed by atoms with Crippen molar-refractivity contribution in [3.8, 4) is 0 Å². The van der Waals surface area contributed by atoms with Gasteiger partial charge in [0.2, 0.25) is 0 Å². The highest BCUT2D eigenvalue weighted by Crippen LogP contribution is 2.43. The number of hydrogen-bond acceptors (Lipinski definition) is 3. The lowest BCUT2D eigenvalue weighted by molar-refractivity contribution is 0.114. The number of H-pyrrole nitrogens is 1. The second-order valence-electron chi connectivity index (χ2n) is 4.56. The molecule has 0 bridgehead atoms. The molecule has 0 aliphatic carbocycles. The number of fused-ring (bicyclic) bond motifs is 1. The maximum Gasteiger partial charge on any atom is 0.106 e. The zero-order valence-electron chi connectivity index (χ0n) is 9.94. The van der Waals surface area contributed by atoms with Gasteiger partial charge in [-0.1, -0.05) is 23.2 Å². The van der Waals surface area contributed by atoms with E-state index in [4.69, 9.17) is 23.2 Å². The van der Waals surface area contributed by atoms with Crippen LogP contribution in [0.4, 0.5) is 0 Å². The fraction of sp³-hybridized carbons (Fsp3) is 0.308. The summed E-state index contributed by atoms with van der Waals surface area (Å²) >= 11 is 13.7. The predicted octanol–water partition coefficient (Wildman–Crippen LogP) is 3.71. The van der Waals surface area contributed by atoms with Gasteiger partial charge in [0, 0.05) is 35.4 Å². The molecule has 1 aromatic heterocycles. The molecule has 0 unspecified atom stereocenters. The SMILES string of the molecule is O[C@@H]1c2cc(Cl)c(Cl)cc2SC[C@H]1Cc1ncc[nH]1. The molecule has 0 amide bonds. The minimum absolute atomic E-state index is 0.126. The Labute approximate surface area is 125 Å². The number of aromatic nitrogens is 2. The van der Waals surface area contributed by atoms with E-state index in [-0.39, 0.29) is 5.92 Å². The number of halogens is 2. The van der Waals surface area contributed by atoms with Gasteiger partial charge in [-0.3, -0.25) is 0 Å². The van der Waals surface area contributed by atoms with E-state index in [0.717, 1.165) is 28.5 Å². The van der Waals surface area contributed by atoms with E-state index in [9.17, 15) is 5.11 Å². The van der Waals surface area contributed by atoms with Crippen LogP contribution in [0, 0.1) is 5.92 Å². The highest BCUT2D eigenvalue weighted by atomic mass is 35.5. The minimum atomic E-state index is -0.531. The van der Waals surface area contributed by atoms with Crippen LogP contribution in [0.1, 0.15) is 17.5 Å². The van der Waals surface area contributed by atoms with E-state index < -0.39 is 6.10 Å². The number of thioether (sulfide) groups is 1. The summed E-state index contributed by atoms with van der Waals surface area (Å²) in [5.74, 6) is 1.86. The van der Waals surface area contributed by atoms with Gasteiger partial charge in [0.15, 0.2) is 0 Å². The normalized spacial score (nSPS) is 22.3. The average Bonchev–Trinajstić information content (AvgIpc) is 2.88. The van der Waals surface area contributed by atoms with Crippen LogP contribution in [0.25, 0.3) is 0 Å². The van der Waals surface area contributed by atoms with Gasteiger partial charge in [0.1, 0.15) is 5.82 Å². The van der Waals surface area contributed by atoms with Gasteiger partial charge in [-0.15, -0.1) is 11.8 Å². The van der Waals surface area contributed by atoms with E-state index in [0.29, 0.717) is 10.0 Å². The largest absolute Gasteiger partial charge is 0.388 e. The van der Waals surface area contributed by atoms with Crippen molar-refractivity contribution in [2.45, 2.75) is 17.4 Å². The molecule has 100 valence electrons. The fourth-order valence-corrected chi connectivity index (χ4v) is 3.91. The number of aromatic amines is 1. The van der Waals surface area contributed by atoms with Crippen molar-refractivity contribution < 1.29 is 5.11 Å². The van der Waals surface area contributed by atoms with E-state index in [1.54, 1.807) is 30.2 Å². The summed E-state index contributed by atoms with van der Waals surface area (Å²) in [5.41, 5.74) is 0.863. The predicted molar refractivity (Wildman–Crippen MR) is 77.9 cm³/mol. The Hall–Kier alpha value is -0.680. The fourth-order valence-electron chi connectivity index (χ4n) is 2.27. The van der Waals surface area contributed by atoms with Crippen molar-refractivity contribution in [2.75, 3.05) is 5.75 Å². The van der Waals surface area contributed by atoms with Crippen LogP contribution in [0.5, 0.6) is 0 Å². The molecule has 0 radical (unpaired) electrons. The quantitative estimate of drug-likeness (QED) is 0.888. The topological polar surface area (TPSA) is 48.9 Å². The Morgan fingerprint density at radius 3 is 2.89 bits per heavy atom. The molecule has 2 aromatic rings. The highest BCUT2D eigenvalue weighted by molar-refractivity contribution is 7.99. The third kappa shape index (κ3) is 2.63. The Kier molecular flexibility index (Phi) is 3.76. The van der Waals surface area contributed by atoms with Crippen molar-refractivity contribution in [3.05, 3.63) is 46.0 Å². The molecule has 2 heterocycles. The van der Waals surface area contributed by atoms with Crippen molar-refractivity contribution in [3.63, 3.8) is 0 Å². The molecule has 0 saturated carbocycles. The lowest BCUT2D eigenvalue weighted by Gasteiger charge is -2.29. The smallest absolute Gasteiger partial charge is 0.106 e. The Morgan fingerprint density at radius 2 is 2.16 bits per heavy atom. The number of aliphatic hydroxyl groups excluding tert-OH is 1. The number of nitrogens with one attached hydrogen (secondary N) is 1. The first kappa shape index (κ1) is 13.3. The lowest BCUT2D eigenvalue weighted by Crippen LogP contribution is -2.22. The first-order valence-corrected chi connectivity index (χ1v) is 7.67. The van der Waals surface area contributed by atoms with Crippen molar-refractivity contribution in [2.24, 2.45) is 5.92 Å². The van der Waals surface area contributed by atoms with Crippen LogP contribution in [0.15, 0.2) is 29.4 Å². The Morgan fingerprint density at radius 1 is 1.37 bits per heavy atom. The molecule has 1 aromatic carbocycles. The molecule has 3 nitrogen and oxygen atoms in total. The standard InChI is InChI=1S/C13H12Cl2N2OS/c14-9-4-8-11(5-10(9)15)19-6-7(13(8)18)3-12-16-1-2-17-12/h1-2,4-5,7,13,18H,3,6H2,(H,16,17)/t7-,13+/m1/s1. The number of imidazole rings is 1. The van der Waals surface area contributed by atoms with E-state index in [2.05, 4.69) is 9.97 Å². The van der Waals surface area contributed by atoms with Gasteiger partial charge in [-0.05, 0) is 17.7 Å². The van der Waals surface area contributed by atoms with Crippen LogP contribution in [0.2, 0.25) is 10.0 Å². The maximum absolute atomic E-state index is 10.5. The summed E-state index contributed by atoms with van der Waals surface area (Å²) in [5, 5.41) is 11.5. The second kappa shape index (κ2) is 5.37. The minimum Gasteiger partial charge on any atom is -0.388 e.